The first-order valence-corrected chi connectivity index (χ1v) is 9.19. The fraction of sp³-hybridized carbons (Fsp3) is 1.00. The summed E-state index contributed by atoms with van der Waals surface area (Å²) in [5.41, 5.74) is 0.937. The Morgan fingerprint density at radius 3 is 2.15 bits per heavy atom. The maximum absolute atomic E-state index is 3.81. The van der Waals surface area contributed by atoms with E-state index in [0.29, 0.717) is 5.41 Å². The molecule has 0 aromatic rings. The van der Waals surface area contributed by atoms with Gasteiger partial charge in [-0.05, 0) is 63.7 Å². The average molecular weight is 280 g/mol. The van der Waals surface area contributed by atoms with Crippen LogP contribution >= 0.6 is 0 Å². The van der Waals surface area contributed by atoms with Gasteiger partial charge in [-0.15, -0.1) is 0 Å². The molecule has 0 saturated heterocycles. The van der Waals surface area contributed by atoms with E-state index < -0.39 is 0 Å². The zero-order valence-electron chi connectivity index (χ0n) is 14.4. The van der Waals surface area contributed by atoms with E-state index in [1.807, 2.05) is 0 Å². The maximum atomic E-state index is 3.81. The topological polar surface area (TPSA) is 12.0 Å². The van der Waals surface area contributed by atoms with E-state index in [9.17, 15) is 0 Å². The smallest absolute Gasteiger partial charge is 0.00967 e. The second kappa shape index (κ2) is 6.81. The third-order valence-electron chi connectivity index (χ3n) is 5.51. The zero-order chi connectivity index (χ0) is 14.6. The summed E-state index contributed by atoms with van der Waals surface area (Å²) in [5.74, 6) is 2.22. The largest absolute Gasteiger partial charge is 0.312 e. The highest BCUT2D eigenvalue weighted by atomic mass is 15.0. The van der Waals surface area contributed by atoms with Gasteiger partial charge in [0.05, 0.1) is 0 Å². The SMILES string of the molecule is CCCCCCCCC1(CNC(C)(C)C)CC2CC2C1. The van der Waals surface area contributed by atoms with Crippen molar-refractivity contribution in [3.8, 4) is 0 Å². The Labute approximate surface area is 127 Å². The highest BCUT2D eigenvalue weighted by Crippen LogP contribution is 2.61. The van der Waals surface area contributed by atoms with Crippen LogP contribution in [-0.2, 0) is 0 Å². The fourth-order valence-corrected chi connectivity index (χ4v) is 4.18. The number of nitrogens with one attached hydrogen (secondary N) is 1. The summed E-state index contributed by atoms with van der Waals surface area (Å²) < 4.78 is 0. The Bertz CT molecular complexity index is 279. The van der Waals surface area contributed by atoms with E-state index >= 15 is 0 Å². The minimum Gasteiger partial charge on any atom is -0.312 e. The van der Waals surface area contributed by atoms with Gasteiger partial charge in [-0.1, -0.05) is 45.4 Å². The van der Waals surface area contributed by atoms with Crippen molar-refractivity contribution < 1.29 is 0 Å². The molecule has 2 saturated carbocycles. The van der Waals surface area contributed by atoms with Crippen LogP contribution in [0.1, 0.15) is 91.9 Å². The van der Waals surface area contributed by atoms with Gasteiger partial charge in [-0.3, -0.25) is 0 Å². The van der Waals surface area contributed by atoms with Gasteiger partial charge in [0.2, 0.25) is 0 Å². The van der Waals surface area contributed by atoms with E-state index in [-0.39, 0.29) is 5.54 Å². The van der Waals surface area contributed by atoms with Crippen molar-refractivity contribution in [3.05, 3.63) is 0 Å². The second-order valence-corrected chi connectivity index (χ2v) is 8.79. The van der Waals surface area contributed by atoms with E-state index in [1.54, 1.807) is 6.42 Å². The Balaban J connectivity index is 1.70. The van der Waals surface area contributed by atoms with Crippen LogP contribution in [-0.4, -0.2) is 12.1 Å². The van der Waals surface area contributed by atoms with Gasteiger partial charge in [-0.2, -0.15) is 0 Å². The van der Waals surface area contributed by atoms with Crippen LogP contribution in [0.2, 0.25) is 0 Å². The molecule has 0 amide bonds. The van der Waals surface area contributed by atoms with Gasteiger partial charge >= 0.3 is 0 Å². The molecule has 2 atom stereocenters. The Hall–Kier alpha value is -0.0400. The molecule has 1 nitrogen and oxygen atoms in total. The molecule has 118 valence electrons. The monoisotopic (exact) mass is 279 g/mol. The van der Waals surface area contributed by atoms with Gasteiger partial charge in [0.25, 0.3) is 0 Å². The maximum Gasteiger partial charge on any atom is 0.00967 e. The van der Waals surface area contributed by atoms with Gasteiger partial charge in [0.1, 0.15) is 0 Å². The van der Waals surface area contributed by atoms with Crippen LogP contribution in [0.15, 0.2) is 0 Å². The number of rotatable bonds is 9. The molecule has 0 aromatic carbocycles. The summed E-state index contributed by atoms with van der Waals surface area (Å²) in [6, 6.07) is 0. The summed E-state index contributed by atoms with van der Waals surface area (Å²) in [7, 11) is 0. The predicted molar refractivity (Wildman–Crippen MR) is 89.0 cm³/mol. The quantitative estimate of drug-likeness (QED) is 0.546. The molecule has 2 rings (SSSR count). The molecule has 2 unspecified atom stereocenters. The summed E-state index contributed by atoms with van der Waals surface area (Å²) in [4.78, 5) is 0. The lowest BCUT2D eigenvalue weighted by Gasteiger charge is -2.35. The molecule has 0 aliphatic heterocycles. The van der Waals surface area contributed by atoms with Crippen LogP contribution in [0.5, 0.6) is 0 Å². The molecular formula is C19H37N. The number of hydrogen-bond donors (Lipinski definition) is 1. The third kappa shape index (κ3) is 5.06. The van der Waals surface area contributed by atoms with E-state index in [4.69, 9.17) is 0 Å². The van der Waals surface area contributed by atoms with Gasteiger partial charge < -0.3 is 5.32 Å². The Morgan fingerprint density at radius 1 is 0.950 bits per heavy atom. The molecule has 1 heteroatoms. The lowest BCUT2D eigenvalue weighted by Crippen LogP contribution is -2.43. The first-order valence-electron chi connectivity index (χ1n) is 9.19. The zero-order valence-corrected chi connectivity index (χ0v) is 14.4. The van der Waals surface area contributed by atoms with Crippen LogP contribution in [0.4, 0.5) is 0 Å². The van der Waals surface area contributed by atoms with Crippen molar-refractivity contribution in [1.29, 1.82) is 0 Å². The summed E-state index contributed by atoms with van der Waals surface area (Å²) in [5, 5.41) is 3.81. The molecule has 0 bridgehead atoms. The molecule has 2 fully saturated rings. The van der Waals surface area contributed by atoms with Crippen molar-refractivity contribution in [3.63, 3.8) is 0 Å². The Morgan fingerprint density at radius 2 is 1.55 bits per heavy atom. The second-order valence-electron chi connectivity index (χ2n) is 8.79. The lowest BCUT2D eigenvalue weighted by atomic mass is 9.77. The molecule has 0 spiro atoms. The molecule has 20 heavy (non-hydrogen) atoms. The van der Waals surface area contributed by atoms with E-state index in [2.05, 4.69) is 33.0 Å². The van der Waals surface area contributed by atoms with E-state index in [1.165, 1.54) is 64.3 Å². The van der Waals surface area contributed by atoms with Crippen LogP contribution in [0.25, 0.3) is 0 Å². The number of fused-ring (bicyclic) bond motifs is 1. The molecule has 2 aliphatic carbocycles. The van der Waals surface area contributed by atoms with Crippen molar-refractivity contribution in [1.82, 2.24) is 5.32 Å². The number of hydrogen-bond acceptors (Lipinski definition) is 1. The molecular weight excluding hydrogens is 242 g/mol. The minimum absolute atomic E-state index is 0.279. The third-order valence-corrected chi connectivity index (χ3v) is 5.51. The standard InChI is InChI=1S/C19H37N/c1-5-6-7-8-9-10-11-19(15-20-18(2,3)4)13-16-12-17(16)14-19/h16-17,20H,5-15H2,1-4H3. The normalized spacial score (nSPS) is 32.4. The summed E-state index contributed by atoms with van der Waals surface area (Å²) in [6.45, 7) is 10.5. The van der Waals surface area contributed by atoms with Crippen LogP contribution in [0, 0.1) is 17.3 Å². The first kappa shape index (κ1) is 16.3. The van der Waals surface area contributed by atoms with Gasteiger partial charge in [0, 0.05) is 12.1 Å². The average Bonchev–Trinajstić information content (AvgIpc) is 2.99. The van der Waals surface area contributed by atoms with Crippen molar-refractivity contribution in [2.75, 3.05) is 6.54 Å². The lowest BCUT2D eigenvalue weighted by molar-refractivity contribution is 0.200. The number of unbranched alkanes of at least 4 members (excludes halogenated alkanes) is 5. The molecule has 1 N–H and O–H groups in total. The van der Waals surface area contributed by atoms with Gasteiger partial charge in [0.15, 0.2) is 0 Å². The van der Waals surface area contributed by atoms with Crippen molar-refractivity contribution in [2.24, 2.45) is 17.3 Å². The van der Waals surface area contributed by atoms with Crippen LogP contribution in [0.3, 0.4) is 0 Å². The van der Waals surface area contributed by atoms with Crippen LogP contribution < -0.4 is 5.32 Å². The molecule has 0 radical (unpaired) electrons. The van der Waals surface area contributed by atoms with E-state index in [0.717, 1.165) is 11.8 Å². The van der Waals surface area contributed by atoms with Crippen molar-refractivity contribution >= 4 is 0 Å². The first-order chi connectivity index (χ1) is 9.44. The summed E-state index contributed by atoms with van der Waals surface area (Å²) >= 11 is 0. The Kier molecular flexibility index (Phi) is 5.56. The molecule has 2 aliphatic rings. The highest BCUT2D eigenvalue weighted by molar-refractivity contribution is 5.04. The highest BCUT2D eigenvalue weighted by Gasteiger charge is 2.53. The molecule has 0 aromatic heterocycles. The molecule has 0 heterocycles. The minimum atomic E-state index is 0.279. The predicted octanol–water partition coefficient (Wildman–Crippen LogP) is 5.54. The summed E-state index contributed by atoms with van der Waals surface area (Å²) in [6.07, 6.45) is 14.7. The van der Waals surface area contributed by atoms with Gasteiger partial charge in [-0.25, -0.2) is 0 Å². The fourth-order valence-electron chi connectivity index (χ4n) is 4.18. The van der Waals surface area contributed by atoms with Crippen molar-refractivity contribution in [2.45, 2.75) is 97.4 Å².